The predicted octanol–water partition coefficient (Wildman–Crippen LogP) is 1.63. The Morgan fingerprint density at radius 2 is 2.20 bits per heavy atom. The van der Waals surface area contributed by atoms with Crippen LogP contribution < -0.4 is 5.32 Å². The van der Waals surface area contributed by atoms with E-state index in [0.717, 1.165) is 19.5 Å². The third-order valence-corrected chi connectivity index (χ3v) is 3.32. The van der Waals surface area contributed by atoms with Gasteiger partial charge < -0.3 is 10.2 Å². The Bertz CT molecular complexity index is 238. The molecule has 1 amide bonds. The number of carbonyl (C=O) groups excluding carboxylic acids is 1. The van der Waals surface area contributed by atoms with Crippen LogP contribution in [-0.2, 0) is 4.79 Å². The summed E-state index contributed by atoms with van der Waals surface area (Å²) in [6.07, 6.45) is 1.02. The molecule has 1 rings (SSSR count). The van der Waals surface area contributed by atoms with E-state index in [0.29, 0.717) is 12.0 Å². The van der Waals surface area contributed by atoms with E-state index in [4.69, 9.17) is 0 Å². The SMILES string of the molecule is CCC(C)N1CC(C)CNC(C)(C)C1=O. The molecule has 88 valence electrons. The van der Waals surface area contributed by atoms with Gasteiger partial charge >= 0.3 is 0 Å². The van der Waals surface area contributed by atoms with Gasteiger partial charge in [0.15, 0.2) is 0 Å². The fraction of sp³-hybridized carbons (Fsp3) is 0.917. The molecule has 1 aliphatic rings. The van der Waals surface area contributed by atoms with Crippen molar-refractivity contribution in [1.29, 1.82) is 0 Å². The van der Waals surface area contributed by atoms with Crippen molar-refractivity contribution in [1.82, 2.24) is 10.2 Å². The summed E-state index contributed by atoms with van der Waals surface area (Å²) in [6.45, 7) is 12.2. The summed E-state index contributed by atoms with van der Waals surface area (Å²) in [7, 11) is 0. The Labute approximate surface area is 93.2 Å². The van der Waals surface area contributed by atoms with Gasteiger partial charge in [-0.1, -0.05) is 13.8 Å². The summed E-state index contributed by atoms with van der Waals surface area (Å²) in [5, 5.41) is 3.34. The van der Waals surface area contributed by atoms with Crippen LogP contribution >= 0.6 is 0 Å². The molecule has 1 fully saturated rings. The molecule has 3 heteroatoms. The highest BCUT2D eigenvalue weighted by Gasteiger charge is 2.36. The van der Waals surface area contributed by atoms with Gasteiger partial charge in [-0.2, -0.15) is 0 Å². The molecule has 0 aromatic heterocycles. The first kappa shape index (κ1) is 12.5. The first-order valence-corrected chi connectivity index (χ1v) is 5.94. The molecule has 1 saturated heterocycles. The zero-order chi connectivity index (χ0) is 11.6. The Hall–Kier alpha value is -0.570. The molecule has 0 aromatic rings. The second-order valence-corrected chi connectivity index (χ2v) is 5.33. The fourth-order valence-corrected chi connectivity index (χ4v) is 1.95. The van der Waals surface area contributed by atoms with Crippen molar-refractivity contribution in [2.75, 3.05) is 13.1 Å². The van der Waals surface area contributed by atoms with Crippen molar-refractivity contribution in [3.05, 3.63) is 0 Å². The summed E-state index contributed by atoms with van der Waals surface area (Å²) < 4.78 is 0. The molecule has 15 heavy (non-hydrogen) atoms. The van der Waals surface area contributed by atoms with Gasteiger partial charge in [0.2, 0.25) is 5.91 Å². The number of hydrogen-bond donors (Lipinski definition) is 1. The summed E-state index contributed by atoms with van der Waals surface area (Å²) >= 11 is 0. The molecule has 3 nitrogen and oxygen atoms in total. The average molecular weight is 212 g/mol. The molecule has 0 aliphatic carbocycles. The molecule has 0 aromatic carbocycles. The van der Waals surface area contributed by atoms with Gasteiger partial charge in [0.1, 0.15) is 0 Å². The molecule has 0 bridgehead atoms. The van der Waals surface area contributed by atoms with Gasteiger partial charge in [0.05, 0.1) is 5.54 Å². The van der Waals surface area contributed by atoms with E-state index in [9.17, 15) is 4.79 Å². The lowest BCUT2D eigenvalue weighted by Gasteiger charge is -2.33. The molecule has 0 saturated carbocycles. The molecule has 1 heterocycles. The summed E-state index contributed by atoms with van der Waals surface area (Å²) in [4.78, 5) is 14.3. The first-order valence-electron chi connectivity index (χ1n) is 5.94. The molecule has 2 unspecified atom stereocenters. The second kappa shape index (κ2) is 4.52. The third kappa shape index (κ3) is 2.71. The minimum absolute atomic E-state index is 0.237. The number of hydrogen-bond acceptors (Lipinski definition) is 2. The van der Waals surface area contributed by atoms with E-state index >= 15 is 0 Å². The molecular formula is C12H24N2O. The molecule has 0 spiro atoms. The fourth-order valence-electron chi connectivity index (χ4n) is 1.95. The van der Waals surface area contributed by atoms with Crippen LogP contribution in [0.4, 0.5) is 0 Å². The zero-order valence-corrected chi connectivity index (χ0v) is 10.6. The molecule has 2 atom stereocenters. The number of amides is 1. The van der Waals surface area contributed by atoms with E-state index in [-0.39, 0.29) is 5.91 Å². The summed E-state index contributed by atoms with van der Waals surface area (Å²) in [5.41, 5.74) is -0.409. The van der Waals surface area contributed by atoms with Crippen LogP contribution in [0.3, 0.4) is 0 Å². The van der Waals surface area contributed by atoms with Gasteiger partial charge in [-0.05, 0) is 33.1 Å². The lowest BCUT2D eigenvalue weighted by Crippen LogP contribution is -2.53. The number of nitrogens with one attached hydrogen (secondary N) is 1. The Morgan fingerprint density at radius 1 is 1.60 bits per heavy atom. The van der Waals surface area contributed by atoms with E-state index in [2.05, 4.69) is 26.1 Å². The van der Waals surface area contributed by atoms with Crippen molar-refractivity contribution >= 4 is 5.91 Å². The Balaban J connectivity index is 2.87. The smallest absolute Gasteiger partial charge is 0.242 e. The van der Waals surface area contributed by atoms with Crippen LogP contribution in [0.15, 0.2) is 0 Å². The van der Waals surface area contributed by atoms with Crippen molar-refractivity contribution in [3.8, 4) is 0 Å². The van der Waals surface area contributed by atoms with E-state index in [1.807, 2.05) is 18.7 Å². The minimum atomic E-state index is -0.409. The highest BCUT2D eigenvalue weighted by atomic mass is 16.2. The van der Waals surface area contributed by atoms with Gasteiger partial charge in [0, 0.05) is 19.1 Å². The number of nitrogens with zero attached hydrogens (tertiary/aromatic N) is 1. The highest BCUT2D eigenvalue weighted by molar-refractivity contribution is 5.86. The standard InChI is InChI=1S/C12H24N2O/c1-6-10(3)14-8-9(2)7-13-12(4,5)11(14)15/h9-10,13H,6-8H2,1-5H3. The lowest BCUT2D eigenvalue weighted by atomic mass is 10.0. The van der Waals surface area contributed by atoms with Crippen LogP contribution in [0, 0.1) is 5.92 Å². The molecular weight excluding hydrogens is 188 g/mol. The zero-order valence-electron chi connectivity index (χ0n) is 10.6. The first-order chi connectivity index (χ1) is 6.88. The largest absolute Gasteiger partial charge is 0.338 e. The van der Waals surface area contributed by atoms with Crippen molar-refractivity contribution in [2.24, 2.45) is 5.92 Å². The number of carbonyl (C=O) groups is 1. The monoisotopic (exact) mass is 212 g/mol. The Kier molecular flexibility index (Phi) is 3.77. The van der Waals surface area contributed by atoms with Crippen molar-refractivity contribution in [3.63, 3.8) is 0 Å². The van der Waals surface area contributed by atoms with Crippen molar-refractivity contribution in [2.45, 2.75) is 52.6 Å². The average Bonchev–Trinajstić information content (AvgIpc) is 2.29. The van der Waals surface area contributed by atoms with Gasteiger partial charge in [-0.25, -0.2) is 0 Å². The highest BCUT2D eigenvalue weighted by Crippen LogP contribution is 2.18. The van der Waals surface area contributed by atoms with Gasteiger partial charge in [-0.15, -0.1) is 0 Å². The van der Waals surface area contributed by atoms with E-state index < -0.39 is 5.54 Å². The molecule has 0 radical (unpaired) electrons. The number of rotatable bonds is 2. The van der Waals surface area contributed by atoms with E-state index in [1.165, 1.54) is 0 Å². The van der Waals surface area contributed by atoms with Crippen LogP contribution in [0.5, 0.6) is 0 Å². The van der Waals surface area contributed by atoms with Crippen LogP contribution in [0.2, 0.25) is 0 Å². The third-order valence-electron chi connectivity index (χ3n) is 3.32. The van der Waals surface area contributed by atoms with Crippen LogP contribution in [0.25, 0.3) is 0 Å². The second-order valence-electron chi connectivity index (χ2n) is 5.33. The normalized spacial score (nSPS) is 28.7. The molecule has 1 N–H and O–H groups in total. The quantitative estimate of drug-likeness (QED) is 0.754. The maximum Gasteiger partial charge on any atom is 0.242 e. The van der Waals surface area contributed by atoms with Crippen molar-refractivity contribution < 1.29 is 4.79 Å². The summed E-state index contributed by atoms with van der Waals surface area (Å²) in [5.74, 6) is 0.769. The van der Waals surface area contributed by atoms with Crippen LogP contribution in [0.1, 0.15) is 41.0 Å². The summed E-state index contributed by atoms with van der Waals surface area (Å²) in [6, 6.07) is 0.346. The topological polar surface area (TPSA) is 32.3 Å². The van der Waals surface area contributed by atoms with Gasteiger partial charge in [0.25, 0.3) is 0 Å². The van der Waals surface area contributed by atoms with Gasteiger partial charge in [-0.3, -0.25) is 4.79 Å². The Morgan fingerprint density at radius 3 is 2.73 bits per heavy atom. The molecule has 1 aliphatic heterocycles. The predicted molar refractivity (Wildman–Crippen MR) is 62.7 cm³/mol. The van der Waals surface area contributed by atoms with E-state index in [1.54, 1.807) is 0 Å². The van der Waals surface area contributed by atoms with Crippen LogP contribution in [-0.4, -0.2) is 35.5 Å². The lowest BCUT2D eigenvalue weighted by molar-refractivity contribution is -0.138. The minimum Gasteiger partial charge on any atom is -0.338 e. The maximum absolute atomic E-state index is 12.3. The maximum atomic E-state index is 12.3.